The third kappa shape index (κ3) is 5.70. The van der Waals surface area contributed by atoms with Crippen LogP contribution in [0.25, 0.3) is 0 Å². The highest BCUT2D eigenvalue weighted by atomic mass is 32.2. The molecular formula is C27H37N3O3S. The molecule has 0 saturated carbocycles. The second-order valence-corrected chi connectivity index (χ2v) is 11.9. The summed E-state index contributed by atoms with van der Waals surface area (Å²) in [5.74, 6) is 0.467. The Bertz CT molecular complexity index is 1080. The molecule has 6 nitrogen and oxygen atoms in total. The maximum absolute atomic E-state index is 13.1. The number of carbonyl (C=O) groups excluding carboxylic acids is 1. The van der Waals surface area contributed by atoms with Crippen LogP contribution in [0.15, 0.2) is 53.4 Å². The summed E-state index contributed by atoms with van der Waals surface area (Å²) >= 11 is 0. The van der Waals surface area contributed by atoms with Gasteiger partial charge in [-0.25, -0.2) is 8.42 Å². The molecule has 4 rings (SSSR count). The number of hydrogen-bond acceptors (Lipinski definition) is 4. The van der Waals surface area contributed by atoms with E-state index >= 15 is 0 Å². The fourth-order valence-corrected chi connectivity index (χ4v) is 6.44. The number of nitrogens with zero attached hydrogens (tertiary/aromatic N) is 3. The minimum Gasteiger partial charge on any atom is -0.340 e. The van der Waals surface area contributed by atoms with E-state index in [0.717, 1.165) is 38.3 Å². The Balaban J connectivity index is 1.27. The van der Waals surface area contributed by atoms with Gasteiger partial charge in [0, 0.05) is 51.7 Å². The first-order valence-electron chi connectivity index (χ1n) is 12.4. The first-order chi connectivity index (χ1) is 16.2. The molecule has 0 bridgehead atoms. The number of aryl methyl sites for hydroxylation is 1. The molecule has 0 unspecified atom stereocenters. The Morgan fingerprint density at radius 1 is 0.941 bits per heavy atom. The van der Waals surface area contributed by atoms with Gasteiger partial charge in [0.2, 0.25) is 15.9 Å². The van der Waals surface area contributed by atoms with Gasteiger partial charge in [-0.2, -0.15) is 4.31 Å². The van der Waals surface area contributed by atoms with Crippen LogP contribution < -0.4 is 0 Å². The lowest BCUT2D eigenvalue weighted by atomic mass is 9.96. The van der Waals surface area contributed by atoms with E-state index in [4.69, 9.17) is 0 Å². The fraction of sp³-hybridized carbons (Fsp3) is 0.519. The third-order valence-corrected chi connectivity index (χ3v) is 9.07. The number of hydrogen-bond donors (Lipinski definition) is 0. The van der Waals surface area contributed by atoms with Crippen molar-refractivity contribution in [2.75, 3.05) is 39.3 Å². The molecule has 0 atom stereocenters. The van der Waals surface area contributed by atoms with Crippen LogP contribution >= 0.6 is 0 Å². The molecule has 7 heteroatoms. The number of rotatable bonds is 6. The molecule has 2 fully saturated rings. The van der Waals surface area contributed by atoms with Gasteiger partial charge in [0.1, 0.15) is 0 Å². The first kappa shape index (κ1) is 24.9. The van der Waals surface area contributed by atoms with Crippen LogP contribution in [-0.2, 0) is 21.4 Å². The van der Waals surface area contributed by atoms with Crippen molar-refractivity contribution in [3.05, 3.63) is 65.2 Å². The number of benzene rings is 2. The minimum atomic E-state index is -3.52. The van der Waals surface area contributed by atoms with Crippen LogP contribution in [0.2, 0.25) is 0 Å². The zero-order valence-electron chi connectivity index (χ0n) is 20.6. The van der Waals surface area contributed by atoms with Gasteiger partial charge in [-0.15, -0.1) is 0 Å². The molecule has 1 amide bonds. The minimum absolute atomic E-state index is 0.0851. The van der Waals surface area contributed by atoms with E-state index in [1.54, 1.807) is 16.4 Å². The molecule has 0 N–H and O–H groups in total. The van der Waals surface area contributed by atoms with Crippen molar-refractivity contribution in [2.24, 2.45) is 5.92 Å². The van der Waals surface area contributed by atoms with Crippen LogP contribution in [0, 0.1) is 12.8 Å². The van der Waals surface area contributed by atoms with Crippen molar-refractivity contribution in [3.63, 3.8) is 0 Å². The maximum atomic E-state index is 13.1. The highest BCUT2D eigenvalue weighted by molar-refractivity contribution is 7.89. The van der Waals surface area contributed by atoms with Crippen LogP contribution in [0.3, 0.4) is 0 Å². The van der Waals surface area contributed by atoms with E-state index in [9.17, 15) is 13.2 Å². The van der Waals surface area contributed by atoms with Crippen LogP contribution in [0.4, 0.5) is 0 Å². The van der Waals surface area contributed by atoms with Gasteiger partial charge in [0.25, 0.3) is 0 Å². The van der Waals surface area contributed by atoms with Crippen molar-refractivity contribution < 1.29 is 13.2 Å². The largest absolute Gasteiger partial charge is 0.340 e. The summed E-state index contributed by atoms with van der Waals surface area (Å²) in [4.78, 5) is 17.8. The molecule has 2 aromatic carbocycles. The predicted molar refractivity (Wildman–Crippen MR) is 135 cm³/mol. The second kappa shape index (κ2) is 10.6. The van der Waals surface area contributed by atoms with Gasteiger partial charge in [-0.05, 0) is 48.9 Å². The van der Waals surface area contributed by atoms with E-state index in [-0.39, 0.29) is 11.8 Å². The normalized spacial score (nSPS) is 19.0. The third-order valence-electron chi connectivity index (χ3n) is 7.16. The molecule has 0 spiro atoms. The zero-order chi connectivity index (χ0) is 24.3. The highest BCUT2D eigenvalue weighted by Crippen LogP contribution is 2.26. The van der Waals surface area contributed by atoms with Crippen molar-refractivity contribution >= 4 is 15.9 Å². The average molecular weight is 484 g/mol. The number of carbonyl (C=O) groups is 1. The van der Waals surface area contributed by atoms with Crippen molar-refractivity contribution in [2.45, 2.75) is 51.0 Å². The van der Waals surface area contributed by atoms with E-state index in [1.165, 1.54) is 11.1 Å². The fourth-order valence-electron chi connectivity index (χ4n) is 4.97. The van der Waals surface area contributed by atoms with Gasteiger partial charge in [0.05, 0.1) is 4.90 Å². The molecule has 0 aliphatic carbocycles. The SMILES string of the molecule is Cc1cccc(CN2CCN(C(=O)C3CCN(S(=O)(=O)c4ccc(C(C)C)cc4)CC3)CC2)c1. The molecule has 0 aromatic heterocycles. The number of piperidine rings is 1. The predicted octanol–water partition coefficient (Wildman–Crippen LogP) is 3.86. The summed E-state index contributed by atoms with van der Waals surface area (Å²) in [6.07, 6.45) is 1.18. The van der Waals surface area contributed by atoms with Crippen LogP contribution in [0.5, 0.6) is 0 Å². The lowest BCUT2D eigenvalue weighted by Crippen LogP contribution is -2.51. The van der Waals surface area contributed by atoms with Crippen molar-refractivity contribution in [3.8, 4) is 0 Å². The van der Waals surface area contributed by atoms with Gasteiger partial charge in [-0.3, -0.25) is 9.69 Å². The van der Waals surface area contributed by atoms with Crippen LogP contribution in [-0.4, -0.2) is 67.7 Å². The highest BCUT2D eigenvalue weighted by Gasteiger charge is 2.34. The van der Waals surface area contributed by atoms with E-state index < -0.39 is 10.0 Å². The smallest absolute Gasteiger partial charge is 0.243 e. The Hall–Kier alpha value is -2.22. The quantitative estimate of drug-likeness (QED) is 0.626. The topological polar surface area (TPSA) is 60.9 Å². The Morgan fingerprint density at radius 3 is 2.18 bits per heavy atom. The Morgan fingerprint density at radius 2 is 1.59 bits per heavy atom. The summed E-state index contributed by atoms with van der Waals surface area (Å²) in [7, 11) is -3.52. The number of sulfonamides is 1. The standard InChI is InChI=1S/C27H37N3O3S/c1-21(2)24-7-9-26(10-8-24)34(32,33)30-13-11-25(12-14-30)27(31)29-17-15-28(16-18-29)20-23-6-4-5-22(3)19-23/h4-10,19,21,25H,11-18,20H2,1-3H3. The monoisotopic (exact) mass is 483 g/mol. The molecule has 34 heavy (non-hydrogen) atoms. The molecular weight excluding hydrogens is 446 g/mol. The van der Waals surface area contributed by atoms with E-state index in [1.807, 2.05) is 17.0 Å². The van der Waals surface area contributed by atoms with Crippen LogP contribution in [0.1, 0.15) is 49.3 Å². The molecule has 2 aliphatic heterocycles. The summed E-state index contributed by atoms with van der Waals surface area (Å²) in [6.45, 7) is 11.2. The van der Waals surface area contributed by atoms with Gasteiger partial charge < -0.3 is 4.90 Å². The summed E-state index contributed by atoms with van der Waals surface area (Å²) in [5.41, 5.74) is 3.71. The zero-order valence-corrected chi connectivity index (χ0v) is 21.4. The summed E-state index contributed by atoms with van der Waals surface area (Å²) in [6, 6.07) is 15.8. The second-order valence-electron chi connectivity index (χ2n) is 9.99. The first-order valence-corrected chi connectivity index (χ1v) is 13.8. The lowest BCUT2D eigenvalue weighted by molar-refractivity contribution is -0.138. The summed E-state index contributed by atoms with van der Waals surface area (Å²) in [5, 5.41) is 0. The van der Waals surface area contributed by atoms with Gasteiger partial charge in [-0.1, -0.05) is 55.8 Å². The average Bonchev–Trinajstić information content (AvgIpc) is 2.84. The Labute approximate surface area is 204 Å². The van der Waals surface area contributed by atoms with Gasteiger partial charge in [0.15, 0.2) is 0 Å². The molecule has 184 valence electrons. The van der Waals surface area contributed by atoms with Crippen molar-refractivity contribution in [1.29, 1.82) is 0 Å². The van der Waals surface area contributed by atoms with Gasteiger partial charge >= 0.3 is 0 Å². The molecule has 2 saturated heterocycles. The number of piperazine rings is 1. The lowest BCUT2D eigenvalue weighted by Gasteiger charge is -2.38. The maximum Gasteiger partial charge on any atom is 0.243 e. The summed E-state index contributed by atoms with van der Waals surface area (Å²) < 4.78 is 27.7. The van der Waals surface area contributed by atoms with E-state index in [2.05, 4.69) is 49.9 Å². The van der Waals surface area contributed by atoms with E-state index in [0.29, 0.717) is 36.7 Å². The molecule has 2 heterocycles. The number of amides is 1. The molecule has 2 aliphatic rings. The van der Waals surface area contributed by atoms with Crippen molar-refractivity contribution in [1.82, 2.24) is 14.1 Å². The Kier molecular flexibility index (Phi) is 7.75. The molecule has 2 aromatic rings. The molecule has 0 radical (unpaired) electrons.